The lowest BCUT2D eigenvalue weighted by Crippen LogP contribution is -2.65. The largest absolute Gasteiger partial charge is 0.351 e. The van der Waals surface area contributed by atoms with Crippen molar-refractivity contribution in [1.82, 2.24) is 9.88 Å². The second-order valence-electron chi connectivity index (χ2n) is 8.72. The molecule has 0 radical (unpaired) electrons. The van der Waals surface area contributed by atoms with E-state index < -0.39 is 5.54 Å². The van der Waals surface area contributed by atoms with E-state index in [0.717, 1.165) is 46.5 Å². The molecule has 5 rings (SSSR count). The summed E-state index contributed by atoms with van der Waals surface area (Å²) in [5.74, 6) is -0.180. The van der Waals surface area contributed by atoms with Gasteiger partial charge in [-0.1, -0.05) is 25.3 Å². The van der Waals surface area contributed by atoms with Crippen LogP contribution < -0.4 is 10.2 Å². The van der Waals surface area contributed by atoms with Crippen LogP contribution in [-0.4, -0.2) is 34.2 Å². The van der Waals surface area contributed by atoms with Crippen molar-refractivity contribution in [3.8, 4) is 0 Å². The van der Waals surface area contributed by atoms with Crippen molar-refractivity contribution in [2.75, 3.05) is 11.2 Å². The maximum atomic E-state index is 13.8. The van der Waals surface area contributed by atoms with E-state index in [1.165, 1.54) is 6.42 Å². The lowest BCUT2D eigenvalue weighted by molar-refractivity contribution is -0.127. The molecule has 3 aromatic rings. The van der Waals surface area contributed by atoms with Gasteiger partial charge in [-0.25, -0.2) is 0 Å². The third-order valence-electron chi connectivity index (χ3n) is 6.63. The van der Waals surface area contributed by atoms with E-state index in [-0.39, 0.29) is 17.9 Å². The van der Waals surface area contributed by atoms with Gasteiger partial charge in [0.2, 0.25) is 5.91 Å². The molecule has 1 saturated carbocycles. The fraction of sp³-hybridized carbons (Fsp3) is 0.417. The number of nitrogens with zero attached hydrogens (tertiary/aromatic N) is 2. The molecule has 3 heterocycles. The van der Waals surface area contributed by atoms with E-state index >= 15 is 0 Å². The molecule has 2 aliphatic rings. The number of carbonyl (C=O) groups is 2. The molecule has 0 bridgehead atoms. The first-order valence-electron chi connectivity index (χ1n) is 10.9. The summed E-state index contributed by atoms with van der Waals surface area (Å²) < 4.78 is 2.04. The van der Waals surface area contributed by atoms with Gasteiger partial charge in [-0.15, -0.1) is 23.1 Å². The topological polar surface area (TPSA) is 54.3 Å². The summed E-state index contributed by atoms with van der Waals surface area (Å²) in [4.78, 5) is 31.4. The van der Waals surface area contributed by atoms with E-state index in [0.29, 0.717) is 12.2 Å². The predicted molar refractivity (Wildman–Crippen MR) is 128 cm³/mol. The van der Waals surface area contributed by atoms with Crippen LogP contribution in [0.2, 0.25) is 0 Å². The first kappa shape index (κ1) is 20.6. The molecule has 0 saturated heterocycles. The fourth-order valence-electron chi connectivity index (χ4n) is 4.94. The minimum Gasteiger partial charge on any atom is -0.351 e. The van der Waals surface area contributed by atoms with Crippen LogP contribution in [0.5, 0.6) is 0 Å². The van der Waals surface area contributed by atoms with Crippen LogP contribution in [0.15, 0.2) is 46.7 Å². The van der Waals surface area contributed by atoms with Gasteiger partial charge >= 0.3 is 0 Å². The molecule has 0 unspecified atom stereocenters. The van der Waals surface area contributed by atoms with Crippen LogP contribution in [0.1, 0.15) is 49.5 Å². The average molecular weight is 454 g/mol. The van der Waals surface area contributed by atoms with Crippen molar-refractivity contribution in [3.05, 3.63) is 47.5 Å². The van der Waals surface area contributed by atoms with Crippen LogP contribution in [0.4, 0.5) is 5.69 Å². The Morgan fingerprint density at radius 2 is 2.00 bits per heavy atom. The SMILES string of the molecule is CSc1cccc(N2C(=O)c3cc4ccsc4n3C[C@]2(C)C(=O)NC2CCCCC2)c1. The first-order chi connectivity index (χ1) is 15.0. The summed E-state index contributed by atoms with van der Waals surface area (Å²) in [7, 11) is 0. The van der Waals surface area contributed by atoms with Crippen molar-refractivity contribution < 1.29 is 9.59 Å². The number of fused-ring (bicyclic) bond motifs is 3. The quantitative estimate of drug-likeness (QED) is 0.546. The summed E-state index contributed by atoms with van der Waals surface area (Å²) >= 11 is 3.25. The number of aromatic nitrogens is 1. The molecule has 7 heteroatoms. The number of anilines is 1. The third-order valence-corrected chi connectivity index (χ3v) is 8.30. The number of carbonyl (C=O) groups excluding carboxylic acids is 2. The van der Waals surface area contributed by atoms with E-state index in [4.69, 9.17) is 0 Å². The van der Waals surface area contributed by atoms with Crippen LogP contribution in [-0.2, 0) is 11.3 Å². The molecule has 1 aliphatic carbocycles. The maximum absolute atomic E-state index is 13.8. The van der Waals surface area contributed by atoms with Crippen LogP contribution in [0, 0.1) is 0 Å². The van der Waals surface area contributed by atoms with Crippen molar-refractivity contribution in [2.24, 2.45) is 0 Å². The molecule has 162 valence electrons. The minimum atomic E-state index is -1.01. The highest BCUT2D eigenvalue weighted by atomic mass is 32.2. The van der Waals surface area contributed by atoms with Crippen molar-refractivity contribution >= 4 is 50.8 Å². The molecule has 1 aliphatic heterocycles. The highest BCUT2D eigenvalue weighted by Gasteiger charge is 2.49. The van der Waals surface area contributed by atoms with Crippen LogP contribution >= 0.6 is 23.1 Å². The summed E-state index contributed by atoms with van der Waals surface area (Å²) in [5, 5.41) is 6.39. The molecule has 5 nitrogen and oxygen atoms in total. The first-order valence-corrected chi connectivity index (χ1v) is 13.0. The second kappa shape index (κ2) is 8.02. The summed E-state index contributed by atoms with van der Waals surface area (Å²) in [6.45, 7) is 2.36. The number of rotatable bonds is 4. The number of nitrogens with one attached hydrogen (secondary N) is 1. The Balaban J connectivity index is 1.60. The summed E-state index contributed by atoms with van der Waals surface area (Å²) in [6, 6.07) is 12.1. The molecule has 0 spiro atoms. The van der Waals surface area contributed by atoms with Gasteiger partial charge in [0.1, 0.15) is 16.1 Å². The normalized spacial score (nSPS) is 22.0. The summed E-state index contributed by atoms with van der Waals surface area (Å²) in [6.07, 6.45) is 7.59. The lowest BCUT2D eigenvalue weighted by Gasteiger charge is -2.44. The van der Waals surface area contributed by atoms with Crippen LogP contribution in [0.25, 0.3) is 10.2 Å². The standard InChI is InChI=1S/C24H27N3O2S2/c1-24(23(29)25-17-7-4-3-5-8-17)15-26-20(13-16-11-12-31-22(16)26)21(28)27(24)18-9-6-10-19(14-18)30-2/h6,9-14,17H,3-5,7-8,15H2,1-2H3,(H,25,29)/t24-/m1/s1. The number of hydrogen-bond donors (Lipinski definition) is 1. The average Bonchev–Trinajstić information content (AvgIpc) is 3.37. The van der Waals surface area contributed by atoms with E-state index in [9.17, 15) is 9.59 Å². The maximum Gasteiger partial charge on any atom is 0.275 e. The molecule has 2 aromatic heterocycles. The smallest absolute Gasteiger partial charge is 0.275 e. The van der Waals surface area contributed by atoms with Gasteiger partial charge in [0.25, 0.3) is 5.91 Å². The van der Waals surface area contributed by atoms with Gasteiger partial charge in [-0.3, -0.25) is 14.5 Å². The highest BCUT2D eigenvalue weighted by Crippen LogP contribution is 2.38. The Morgan fingerprint density at radius 3 is 2.77 bits per heavy atom. The molecular formula is C24H27N3O2S2. The molecule has 1 N–H and O–H groups in total. The number of benzene rings is 1. The number of amides is 2. The van der Waals surface area contributed by atoms with Gasteiger partial charge in [-0.2, -0.15) is 0 Å². The zero-order chi connectivity index (χ0) is 21.6. The van der Waals surface area contributed by atoms with Crippen molar-refractivity contribution in [3.63, 3.8) is 0 Å². The summed E-state index contributed by atoms with van der Waals surface area (Å²) in [5.41, 5.74) is 0.419. The Hall–Kier alpha value is -2.25. The molecule has 1 atom stereocenters. The fourth-order valence-corrected chi connectivity index (χ4v) is 6.29. The molecule has 1 fully saturated rings. The monoisotopic (exact) mass is 453 g/mol. The van der Waals surface area contributed by atoms with Crippen molar-refractivity contribution in [2.45, 2.75) is 62.0 Å². The molecule has 31 heavy (non-hydrogen) atoms. The van der Waals surface area contributed by atoms with Gasteiger partial charge in [0, 0.05) is 22.0 Å². The Morgan fingerprint density at radius 1 is 1.19 bits per heavy atom. The van der Waals surface area contributed by atoms with E-state index in [1.54, 1.807) is 28.0 Å². The van der Waals surface area contributed by atoms with Gasteiger partial charge in [-0.05, 0) is 61.7 Å². The highest BCUT2D eigenvalue weighted by molar-refractivity contribution is 7.98. The molecular weight excluding hydrogens is 426 g/mol. The van der Waals surface area contributed by atoms with Crippen molar-refractivity contribution in [1.29, 1.82) is 0 Å². The molecule has 1 aromatic carbocycles. The Kier molecular flexibility index (Phi) is 5.34. The minimum absolute atomic E-state index is 0.0636. The Labute approximate surface area is 190 Å². The van der Waals surface area contributed by atoms with Gasteiger partial charge in [0.15, 0.2) is 0 Å². The zero-order valence-corrected chi connectivity index (χ0v) is 19.5. The lowest BCUT2D eigenvalue weighted by atomic mass is 9.91. The zero-order valence-electron chi connectivity index (χ0n) is 17.9. The van der Waals surface area contributed by atoms with Gasteiger partial charge in [0.05, 0.1) is 6.54 Å². The van der Waals surface area contributed by atoms with Crippen LogP contribution in [0.3, 0.4) is 0 Å². The van der Waals surface area contributed by atoms with E-state index in [1.807, 2.05) is 59.5 Å². The number of hydrogen-bond acceptors (Lipinski definition) is 4. The molecule has 2 amide bonds. The van der Waals surface area contributed by atoms with Gasteiger partial charge < -0.3 is 9.88 Å². The Bertz CT molecular complexity index is 1140. The predicted octanol–water partition coefficient (Wildman–Crippen LogP) is 5.29. The third kappa shape index (κ3) is 3.48. The number of thiophene rings is 1. The van der Waals surface area contributed by atoms with E-state index in [2.05, 4.69) is 5.32 Å². The second-order valence-corrected chi connectivity index (χ2v) is 10.5. The number of thioether (sulfide) groups is 1.